The standard InChI is InChI=1S/C23H37N3O3/c1-2-25(18-20-7-13-24-14-8-20)19-23(29)11-6-15-26(16-12-23)21(27)17-22(28)9-4-3-5-10-22/h7-8,13-14,28-29H,2-6,9-12,15-19H2,1H3. The van der Waals surface area contributed by atoms with Crippen LogP contribution in [0.25, 0.3) is 0 Å². The van der Waals surface area contributed by atoms with Crippen molar-refractivity contribution in [3.8, 4) is 0 Å². The van der Waals surface area contributed by atoms with E-state index >= 15 is 0 Å². The molecule has 1 aromatic rings. The maximum atomic E-state index is 12.8. The summed E-state index contributed by atoms with van der Waals surface area (Å²) in [4.78, 5) is 21.0. The first-order valence-corrected chi connectivity index (χ1v) is 11.3. The number of hydrogen-bond acceptors (Lipinski definition) is 5. The number of pyridine rings is 1. The Morgan fingerprint density at radius 3 is 2.41 bits per heavy atom. The van der Waals surface area contributed by atoms with Crippen LogP contribution in [0.5, 0.6) is 0 Å². The lowest BCUT2D eigenvalue weighted by molar-refractivity contribution is -0.138. The maximum absolute atomic E-state index is 12.8. The van der Waals surface area contributed by atoms with Crippen molar-refractivity contribution in [1.82, 2.24) is 14.8 Å². The molecule has 2 N–H and O–H groups in total. The molecule has 2 fully saturated rings. The van der Waals surface area contributed by atoms with Crippen molar-refractivity contribution in [2.24, 2.45) is 0 Å². The second kappa shape index (κ2) is 10.0. The molecule has 1 unspecified atom stereocenters. The van der Waals surface area contributed by atoms with Crippen LogP contribution in [0.3, 0.4) is 0 Å². The first-order chi connectivity index (χ1) is 13.9. The van der Waals surface area contributed by atoms with Gasteiger partial charge in [-0.3, -0.25) is 14.7 Å². The Bertz CT molecular complexity index is 648. The van der Waals surface area contributed by atoms with Gasteiger partial charge in [-0.25, -0.2) is 0 Å². The van der Waals surface area contributed by atoms with E-state index < -0.39 is 11.2 Å². The summed E-state index contributed by atoms with van der Waals surface area (Å²) in [5.74, 6) is 0.0442. The second-order valence-electron chi connectivity index (χ2n) is 9.08. The van der Waals surface area contributed by atoms with Crippen LogP contribution in [-0.2, 0) is 11.3 Å². The van der Waals surface area contributed by atoms with Crippen LogP contribution in [-0.4, -0.2) is 68.3 Å². The third-order valence-electron chi connectivity index (χ3n) is 6.66. The average Bonchev–Trinajstić information content (AvgIpc) is 2.90. The Hall–Kier alpha value is -1.50. The van der Waals surface area contributed by atoms with E-state index in [1.54, 1.807) is 12.4 Å². The van der Waals surface area contributed by atoms with E-state index in [9.17, 15) is 15.0 Å². The summed E-state index contributed by atoms with van der Waals surface area (Å²) in [6.45, 7) is 5.61. The molecular formula is C23H37N3O3. The Balaban J connectivity index is 1.54. The van der Waals surface area contributed by atoms with Crippen LogP contribution in [0.4, 0.5) is 0 Å². The summed E-state index contributed by atoms with van der Waals surface area (Å²) >= 11 is 0. The topological polar surface area (TPSA) is 76.9 Å². The SMILES string of the molecule is CCN(Cc1ccncc1)CC1(O)CCCN(C(=O)CC2(O)CCCCC2)CC1. The average molecular weight is 404 g/mol. The van der Waals surface area contributed by atoms with E-state index in [2.05, 4.69) is 16.8 Å². The molecule has 162 valence electrons. The van der Waals surface area contributed by atoms with E-state index in [0.29, 0.717) is 32.5 Å². The third-order valence-corrected chi connectivity index (χ3v) is 6.66. The Morgan fingerprint density at radius 2 is 1.72 bits per heavy atom. The van der Waals surface area contributed by atoms with E-state index in [-0.39, 0.29) is 12.3 Å². The van der Waals surface area contributed by atoms with Gasteiger partial charge in [-0.05, 0) is 56.3 Å². The number of aliphatic hydroxyl groups is 2. The maximum Gasteiger partial charge on any atom is 0.225 e. The number of rotatable bonds is 7. The van der Waals surface area contributed by atoms with Crippen molar-refractivity contribution >= 4 is 5.91 Å². The molecule has 0 spiro atoms. The molecule has 2 aliphatic rings. The van der Waals surface area contributed by atoms with Gasteiger partial charge in [-0.15, -0.1) is 0 Å². The summed E-state index contributed by atoms with van der Waals surface area (Å²) < 4.78 is 0. The lowest BCUT2D eigenvalue weighted by Gasteiger charge is -2.34. The molecule has 2 heterocycles. The fourth-order valence-corrected chi connectivity index (χ4v) is 4.81. The smallest absolute Gasteiger partial charge is 0.225 e. The highest BCUT2D eigenvalue weighted by Crippen LogP contribution is 2.32. The van der Waals surface area contributed by atoms with Gasteiger partial charge in [-0.1, -0.05) is 26.2 Å². The molecule has 0 radical (unpaired) electrons. The molecule has 6 nitrogen and oxygen atoms in total. The number of hydrogen-bond donors (Lipinski definition) is 2. The number of carbonyl (C=O) groups is 1. The first-order valence-electron chi connectivity index (χ1n) is 11.3. The quantitative estimate of drug-likeness (QED) is 0.732. The molecule has 1 amide bonds. The van der Waals surface area contributed by atoms with Gasteiger partial charge in [0.2, 0.25) is 5.91 Å². The van der Waals surface area contributed by atoms with Crippen molar-refractivity contribution in [1.29, 1.82) is 0 Å². The lowest BCUT2D eigenvalue weighted by Crippen LogP contribution is -2.44. The Kier molecular flexibility index (Phi) is 7.66. The highest BCUT2D eigenvalue weighted by Gasteiger charge is 2.36. The number of aromatic nitrogens is 1. The van der Waals surface area contributed by atoms with Gasteiger partial charge in [0.15, 0.2) is 0 Å². The van der Waals surface area contributed by atoms with Gasteiger partial charge in [0.25, 0.3) is 0 Å². The first kappa shape index (κ1) is 22.2. The minimum Gasteiger partial charge on any atom is -0.389 e. The van der Waals surface area contributed by atoms with E-state index in [1.165, 1.54) is 5.56 Å². The predicted octanol–water partition coefficient (Wildman–Crippen LogP) is 2.73. The molecule has 1 atom stereocenters. The van der Waals surface area contributed by atoms with Crippen LogP contribution in [0.2, 0.25) is 0 Å². The van der Waals surface area contributed by atoms with Crippen molar-refractivity contribution in [2.45, 2.75) is 82.5 Å². The van der Waals surface area contributed by atoms with Crippen molar-refractivity contribution in [2.75, 3.05) is 26.2 Å². The van der Waals surface area contributed by atoms with Gasteiger partial charge in [0.05, 0.1) is 17.6 Å². The predicted molar refractivity (Wildman–Crippen MR) is 113 cm³/mol. The van der Waals surface area contributed by atoms with Crippen LogP contribution in [0.1, 0.15) is 70.3 Å². The second-order valence-corrected chi connectivity index (χ2v) is 9.08. The van der Waals surface area contributed by atoms with E-state index in [0.717, 1.165) is 51.6 Å². The summed E-state index contributed by atoms with van der Waals surface area (Å²) in [7, 11) is 0. The molecule has 1 aromatic heterocycles. The van der Waals surface area contributed by atoms with Crippen molar-refractivity contribution in [3.05, 3.63) is 30.1 Å². The summed E-state index contributed by atoms with van der Waals surface area (Å²) in [5, 5.41) is 22.0. The minimum absolute atomic E-state index is 0.0442. The normalized spacial score (nSPS) is 25.0. The van der Waals surface area contributed by atoms with E-state index in [4.69, 9.17) is 0 Å². The molecular weight excluding hydrogens is 366 g/mol. The molecule has 1 saturated carbocycles. The van der Waals surface area contributed by atoms with Crippen LogP contribution >= 0.6 is 0 Å². The van der Waals surface area contributed by atoms with Crippen molar-refractivity contribution < 1.29 is 15.0 Å². The Labute approximate surface area is 174 Å². The minimum atomic E-state index is -0.818. The van der Waals surface area contributed by atoms with Crippen LogP contribution in [0, 0.1) is 0 Å². The lowest BCUT2D eigenvalue weighted by atomic mass is 9.82. The highest BCUT2D eigenvalue weighted by atomic mass is 16.3. The molecule has 6 heteroatoms. The number of carbonyl (C=O) groups excluding carboxylic acids is 1. The summed E-state index contributed by atoms with van der Waals surface area (Å²) in [6.07, 6.45) is 10.6. The molecule has 3 rings (SSSR count). The molecule has 1 saturated heterocycles. The number of amides is 1. The van der Waals surface area contributed by atoms with Crippen molar-refractivity contribution in [3.63, 3.8) is 0 Å². The monoisotopic (exact) mass is 403 g/mol. The largest absolute Gasteiger partial charge is 0.389 e. The third kappa shape index (κ3) is 6.49. The number of likely N-dealkylation sites (N-methyl/N-ethyl adjacent to an activating group) is 1. The van der Waals surface area contributed by atoms with Crippen LogP contribution < -0.4 is 0 Å². The number of nitrogens with zero attached hydrogens (tertiary/aromatic N) is 3. The highest BCUT2D eigenvalue weighted by molar-refractivity contribution is 5.77. The Morgan fingerprint density at radius 1 is 1.03 bits per heavy atom. The van der Waals surface area contributed by atoms with Crippen LogP contribution in [0.15, 0.2) is 24.5 Å². The molecule has 29 heavy (non-hydrogen) atoms. The van der Waals surface area contributed by atoms with Gasteiger partial charge in [0.1, 0.15) is 0 Å². The molecule has 0 bridgehead atoms. The fraction of sp³-hybridized carbons (Fsp3) is 0.739. The number of likely N-dealkylation sites (tertiary alicyclic amines) is 1. The molecule has 0 aromatic carbocycles. The van der Waals surface area contributed by atoms with Gasteiger partial charge >= 0.3 is 0 Å². The van der Waals surface area contributed by atoms with Gasteiger partial charge in [0, 0.05) is 38.6 Å². The van der Waals surface area contributed by atoms with Gasteiger partial charge in [-0.2, -0.15) is 0 Å². The van der Waals surface area contributed by atoms with E-state index in [1.807, 2.05) is 17.0 Å². The molecule has 1 aliphatic carbocycles. The van der Waals surface area contributed by atoms with Gasteiger partial charge < -0.3 is 15.1 Å². The fourth-order valence-electron chi connectivity index (χ4n) is 4.81. The summed E-state index contributed by atoms with van der Waals surface area (Å²) in [6, 6.07) is 4.02. The zero-order valence-corrected chi connectivity index (χ0v) is 17.9. The zero-order valence-electron chi connectivity index (χ0n) is 17.9. The molecule has 1 aliphatic heterocycles. The summed E-state index contributed by atoms with van der Waals surface area (Å²) in [5.41, 5.74) is -0.405. The zero-order chi connectivity index (χ0) is 20.7.